The van der Waals surface area contributed by atoms with E-state index in [0.29, 0.717) is 22.8 Å². The molecule has 0 aromatic heterocycles. The normalized spacial score (nSPS) is 11.8. The molecule has 0 aliphatic carbocycles. The van der Waals surface area contributed by atoms with E-state index in [2.05, 4.69) is 19.9 Å². The van der Waals surface area contributed by atoms with E-state index in [1.54, 1.807) is 6.07 Å². The second kappa shape index (κ2) is 11.5. The first-order chi connectivity index (χ1) is 14.0. The first kappa shape index (κ1) is 22.8. The van der Waals surface area contributed by atoms with E-state index in [4.69, 9.17) is 16.3 Å². The third kappa shape index (κ3) is 6.24. The van der Waals surface area contributed by atoms with Crippen LogP contribution in [0.5, 0.6) is 5.75 Å². The molecule has 0 spiro atoms. The van der Waals surface area contributed by atoms with Crippen molar-refractivity contribution in [3.63, 3.8) is 0 Å². The van der Waals surface area contributed by atoms with Gasteiger partial charge in [-0.15, -0.1) is 0 Å². The highest BCUT2D eigenvalue weighted by Crippen LogP contribution is 2.38. The quantitative estimate of drug-likeness (QED) is 0.438. The molecule has 0 amide bonds. The summed E-state index contributed by atoms with van der Waals surface area (Å²) in [6, 6.07) is 14.6. The average Bonchev–Trinajstić information content (AvgIpc) is 2.72. The van der Waals surface area contributed by atoms with Gasteiger partial charge in [-0.25, -0.2) is 4.79 Å². The molecule has 2 aromatic carbocycles. The summed E-state index contributed by atoms with van der Waals surface area (Å²) >= 11 is 6.55. The van der Waals surface area contributed by atoms with E-state index in [0.717, 1.165) is 32.1 Å². The molecule has 1 atom stereocenters. The first-order valence-corrected chi connectivity index (χ1v) is 10.5. The molecule has 0 bridgehead atoms. The van der Waals surface area contributed by atoms with Crippen molar-refractivity contribution in [2.24, 2.45) is 11.8 Å². The van der Waals surface area contributed by atoms with Crippen LogP contribution in [-0.2, 0) is 0 Å². The predicted molar refractivity (Wildman–Crippen MR) is 116 cm³/mol. The molecule has 0 fully saturated rings. The number of carbonyl (C=O) groups is 1. The fourth-order valence-corrected chi connectivity index (χ4v) is 4.01. The molecule has 0 heterocycles. The highest BCUT2D eigenvalue weighted by molar-refractivity contribution is 6.35. The van der Waals surface area contributed by atoms with Crippen LogP contribution in [0.1, 0.15) is 56.3 Å². The minimum Gasteiger partial charge on any atom is -0.491 e. The number of carboxylic acid groups (broad SMARTS) is 1. The van der Waals surface area contributed by atoms with Crippen molar-refractivity contribution in [3.8, 4) is 22.9 Å². The Morgan fingerprint density at radius 2 is 1.79 bits per heavy atom. The molecule has 2 rings (SSSR count). The summed E-state index contributed by atoms with van der Waals surface area (Å²) in [6.07, 6.45) is 5.23. The van der Waals surface area contributed by atoms with Gasteiger partial charge >= 0.3 is 5.97 Å². The Bertz CT molecular complexity index is 839. The van der Waals surface area contributed by atoms with Crippen molar-refractivity contribution in [3.05, 3.63) is 53.1 Å². The third-order valence-electron chi connectivity index (χ3n) is 5.03. The molecule has 0 radical (unpaired) electrons. The first-order valence-electron chi connectivity index (χ1n) is 10.1. The van der Waals surface area contributed by atoms with Gasteiger partial charge in [0.25, 0.3) is 0 Å². The maximum Gasteiger partial charge on any atom is 0.336 e. The Kier molecular flexibility index (Phi) is 9.02. The van der Waals surface area contributed by atoms with Gasteiger partial charge in [0.1, 0.15) is 12.4 Å². The van der Waals surface area contributed by atoms with Crippen LogP contribution in [0.3, 0.4) is 0 Å². The molecule has 2 aromatic rings. The summed E-state index contributed by atoms with van der Waals surface area (Å²) in [7, 11) is 0. The number of carboxylic acids is 1. The monoisotopic (exact) mass is 413 g/mol. The van der Waals surface area contributed by atoms with Gasteiger partial charge in [0, 0.05) is 5.56 Å². The molecule has 0 saturated heterocycles. The fourth-order valence-electron chi connectivity index (χ4n) is 3.68. The molecule has 5 heteroatoms. The molecule has 154 valence electrons. The zero-order chi connectivity index (χ0) is 21.2. The minimum atomic E-state index is -1.05. The molecular weight excluding hydrogens is 386 g/mol. The molecular formula is C24H28ClNO3. The molecule has 0 aliphatic heterocycles. The van der Waals surface area contributed by atoms with Gasteiger partial charge < -0.3 is 9.84 Å². The third-order valence-corrected chi connectivity index (χ3v) is 5.41. The number of ether oxygens (including phenoxy) is 1. The number of hydrogen-bond acceptors (Lipinski definition) is 3. The maximum atomic E-state index is 11.7. The predicted octanol–water partition coefficient (Wildman–Crippen LogP) is 6.83. The van der Waals surface area contributed by atoms with E-state index in [9.17, 15) is 15.2 Å². The SMILES string of the molecule is CCCC(CCC)CC(C#N)COc1ccc(C(=O)O)c(-c2ccccc2)c1Cl. The van der Waals surface area contributed by atoms with Crippen LogP contribution in [0, 0.1) is 23.2 Å². The van der Waals surface area contributed by atoms with Gasteiger partial charge in [0.15, 0.2) is 0 Å². The fraction of sp³-hybridized carbons (Fsp3) is 0.417. The van der Waals surface area contributed by atoms with Crippen LogP contribution in [-0.4, -0.2) is 17.7 Å². The summed E-state index contributed by atoms with van der Waals surface area (Å²) in [4.78, 5) is 11.7. The largest absolute Gasteiger partial charge is 0.491 e. The Labute approximate surface area is 178 Å². The smallest absolute Gasteiger partial charge is 0.336 e. The van der Waals surface area contributed by atoms with Crippen molar-refractivity contribution in [2.75, 3.05) is 6.61 Å². The standard InChI is InChI=1S/C24H28ClNO3/c1-3-8-17(9-4-2)14-18(15-26)16-29-21-13-12-20(24(27)28)22(23(21)25)19-10-6-5-7-11-19/h5-7,10-13,17-18H,3-4,8-9,14,16H2,1-2H3,(H,27,28). The van der Waals surface area contributed by atoms with Gasteiger partial charge in [-0.3, -0.25) is 0 Å². The van der Waals surface area contributed by atoms with Crippen molar-refractivity contribution in [2.45, 2.75) is 46.0 Å². The average molecular weight is 414 g/mol. The van der Waals surface area contributed by atoms with Gasteiger partial charge in [-0.2, -0.15) is 5.26 Å². The van der Waals surface area contributed by atoms with E-state index in [1.807, 2.05) is 30.3 Å². The van der Waals surface area contributed by atoms with Crippen molar-refractivity contribution < 1.29 is 14.6 Å². The molecule has 4 nitrogen and oxygen atoms in total. The lowest BCUT2D eigenvalue weighted by atomic mass is 9.89. The van der Waals surface area contributed by atoms with Crippen LogP contribution in [0.4, 0.5) is 0 Å². The molecule has 1 unspecified atom stereocenters. The summed E-state index contributed by atoms with van der Waals surface area (Å²) in [5.41, 5.74) is 1.26. The number of rotatable bonds is 11. The van der Waals surface area contributed by atoms with Crippen molar-refractivity contribution >= 4 is 17.6 Å². The Hall–Kier alpha value is -2.51. The maximum absolute atomic E-state index is 11.7. The summed E-state index contributed by atoms with van der Waals surface area (Å²) in [5, 5.41) is 19.4. The highest BCUT2D eigenvalue weighted by atomic mass is 35.5. The number of halogens is 1. The number of hydrogen-bond donors (Lipinski definition) is 1. The van der Waals surface area contributed by atoms with Crippen LogP contribution in [0.25, 0.3) is 11.1 Å². The lowest BCUT2D eigenvalue weighted by Gasteiger charge is -2.20. The van der Waals surface area contributed by atoms with Gasteiger partial charge in [0.2, 0.25) is 0 Å². The molecule has 0 saturated carbocycles. The highest BCUT2D eigenvalue weighted by Gasteiger charge is 2.21. The van der Waals surface area contributed by atoms with E-state index in [1.165, 1.54) is 6.07 Å². The Morgan fingerprint density at radius 1 is 1.14 bits per heavy atom. The number of aromatic carboxylic acids is 1. The van der Waals surface area contributed by atoms with E-state index >= 15 is 0 Å². The van der Waals surface area contributed by atoms with Crippen molar-refractivity contribution in [1.82, 2.24) is 0 Å². The zero-order valence-electron chi connectivity index (χ0n) is 17.0. The minimum absolute atomic E-state index is 0.122. The molecule has 1 N–H and O–H groups in total. The van der Waals surface area contributed by atoms with E-state index < -0.39 is 5.97 Å². The molecule has 0 aliphatic rings. The van der Waals surface area contributed by atoms with Crippen LogP contribution in [0.15, 0.2) is 42.5 Å². The van der Waals surface area contributed by atoms with Crippen LogP contribution >= 0.6 is 11.6 Å². The lowest BCUT2D eigenvalue weighted by Crippen LogP contribution is -2.15. The second-order valence-electron chi connectivity index (χ2n) is 7.29. The van der Waals surface area contributed by atoms with Gasteiger partial charge in [-0.1, -0.05) is 81.5 Å². The zero-order valence-corrected chi connectivity index (χ0v) is 17.8. The summed E-state index contributed by atoms with van der Waals surface area (Å²) in [5.74, 6) is -0.357. The lowest BCUT2D eigenvalue weighted by molar-refractivity contribution is 0.0697. The summed E-state index contributed by atoms with van der Waals surface area (Å²) < 4.78 is 5.90. The number of benzene rings is 2. The number of nitriles is 1. The van der Waals surface area contributed by atoms with Crippen molar-refractivity contribution in [1.29, 1.82) is 5.26 Å². The summed E-state index contributed by atoms with van der Waals surface area (Å²) in [6.45, 7) is 4.56. The van der Waals surface area contributed by atoms with Gasteiger partial charge in [-0.05, 0) is 30.0 Å². The van der Waals surface area contributed by atoms with E-state index in [-0.39, 0.29) is 23.1 Å². The Morgan fingerprint density at radius 3 is 2.34 bits per heavy atom. The van der Waals surface area contributed by atoms with Crippen LogP contribution in [0.2, 0.25) is 5.02 Å². The molecule has 29 heavy (non-hydrogen) atoms. The second-order valence-corrected chi connectivity index (χ2v) is 7.67. The van der Waals surface area contributed by atoms with Gasteiger partial charge in [0.05, 0.1) is 22.6 Å². The topological polar surface area (TPSA) is 70.3 Å². The Balaban J connectivity index is 2.23. The van der Waals surface area contributed by atoms with Crippen LogP contribution < -0.4 is 4.74 Å². The number of nitrogens with zero attached hydrogens (tertiary/aromatic N) is 1.